The van der Waals surface area contributed by atoms with Gasteiger partial charge in [0.15, 0.2) is 5.96 Å². The van der Waals surface area contributed by atoms with Gasteiger partial charge in [-0.2, -0.15) is 0 Å². The molecule has 27 heavy (non-hydrogen) atoms. The average molecular weight is 362 g/mol. The molecule has 0 fully saturated rings. The molecule has 138 valence electrons. The Balaban J connectivity index is 1.49. The van der Waals surface area contributed by atoms with Gasteiger partial charge in [-0.3, -0.25) is 5.32 Å². The molecule has 0 aliphatic rings. The number of aromatic hydroxyl groups is 1. The highest BCUT2D eigenvalue weighted by atomic mass is 16.3. The maximum Gasteiger partial charge on any atom is 0.321 e. The summed E-state index contributed by atoms with van der Waals surface area (Å²) in [5.74, 6) is 0.296. The lowest BCUT2D eigenvalue weighted by Gasteiger charge is -2.08. The summed E-state index contributed by atoms with van der Waals surface area (Å²) in [4.78, 5) is 16.2. The molecule has 0 aliphatic heterocycles. The van der Waals surface area contributed by atoms with E-state index in [4.69, 9.17) is 5.73 Å². The van der Waals surface area contributed by atoms with Crippen molar-refractivity contribution in [3.8, 4) is 5.75 Å². The number of hydrogen-bond acceptors (Lipinski definition) is 3. The molecule has 0 heterocycles. The number of nitrogens with one attached hydrogen (secondary N) is 2. The Labute approximate surface area is 157 Å². The van der Waals surface area contributed by atoms with Crippen molar-refractivity contribution in [3.05, 3.63) is 77.9 Å². The molecule has 0 aliphatic carbocycles. The fourth-order valence-electron chi connectivity index (χ4n) is 2.78. The zero-order chi connectivity index (χ0) is 19.1. The third kappa shape index (κ3) is 5.22. The number of aliphatic imine (C=N–C) groups is 1. The third-order valence-corrected chi connectivity index (χ3v) is 4.18. The lowest BCUT2D eigenvalue weighted by molar-refractivity contribution is 0.245. The molecule has 0 bridgehead atoms. The summed E-state index contributed by atoms with van der Waals surface area (Å²) in [6, 6.07) is 20.6. The second-order valence-corrected chi connectivity index (χ2v) is 6.14. The number of hydrogen-bond donors (Lipinski definition) is 4. The smallest absolute Gasteiger partial charge is 0.321 e. The van der Waals surface area contributed by atoms with Crippen LogP contribution in [0.2, 0.25) is 0 Å². The number of nitrogens with zero attached hydrogens (tertiary/aromatic N) is 1. The molecule has 0 unspecified atom stereocenters. The van der Waals surface area contributed by atoms with Crippen molar-refractivity contribution in [2.75, 3.05) is 6.54 Å². The van der Waals surface area contributed by atoms with E-state index in [-0.39, 0.29) is 11.7 Å². The van der Waals surface area contributed by atoms with Crippen LogP contribution in [-0.4, -0.2) is 23.6 Å². The SMILES string of the molecule is NC(=NCc1cccc2ccccc12)NC(=O)NCCc1ccc(O)cc1. The van der Waals surface area contributed by atoms with Crippen LogP contribution in [0.1, 0.15) is 11.1 Å². The predicted octanol–water partition coefficient (Wildman–Crippen LogP) is 2.90. The lowest BCUT2D eigenvalue weighted by atomic mass is 10.1. The molecule has 0 radical (unpaired) electrons. The van der Waals surface area contributed by atoms with Crippen LogP contribution in [-0.2, 0) is 13.0 Å². The standard InChI is InChI=1S/C21H22N4O2/c22-20(24-14-17-6-3-5-16-4-1-2-7-19(16)17)25-21(27)23-13-12-15-8-10-18(26)11-9-15/h1-11,26H,12-14H2,(H4,22,23,24,25,27). The van der Waals surface area contributed by atoms with Crippen LogP contribution in [0.4, 0.5) is 4.79 Å². The molecule has 0 saturated heterocycles. The van der Waals surface area contributed by atoms with E-state index < -0.39 is 6.03 Å². The quantitative estimate of drug-likeness (QED) is 0.415. The van der Waals surface area contributed by atoms with Crippen molar-refractivity contribution in [1.82, 2.24) is 10.6 Å². The third-order valence-electron chi connectivity index (χ3n) is 4.18. The molecule has 3 aromatic carbocycles. The number of benzene rings is 3. The highest BCUT2D eigenvalue weighted by Gasteiger charge is 2.04. The molecule has 0 saturated carbocycles. The van der Waals surface area contributed by atoms with Gasteiger partial charge >= 0.3 is 6.03 Å². The first-order valence-corrected chi connectivity index (χ1v) is 8.71. The molecule has 3 aromatic rings. The van der Waals surface area contributed by atoms with E-state index in [0.29, 0.717) is 19.5 Å². The lowest BCUT2D eigenvalue weighted by Crippen LogP contribution is -2.44. The van der Waals surface area contributed by atoms with E-state index in [1.165, 1.54) is 0 Å². The number of phenolic OH excluding ortho intramolecular Hbond substituents is 1. The molecule has 0 atom stereocenters. The van der Waals surface area contributed by atoms with E-state index in [1.807, 2.05) is 54.6 Å². The van der Waals surface area contributed by atoms with Crippen LogP contribution in [0, 0.1) is 0 Å². The Bertz CT molecular complexity index is 947. The number of rotatable bonds is 5. The van der Waals surface area contributed by atoms with Gasteiger partial charge in [0.2, 0.25) is 0 Å². The summed E-state index contributed by atoms with van der Waals surface area (Å²) in [6.45, 7) is 0.841. The van der Waals surface area contributed by atoms with Gasteiger partial charge in [0.05, 0.1) is 6.54 Å². The molecule has 2 amide bonds. The Morgan fingerprint density at radius 2 is 1.74 bits per heavy atom. The molecule has 6 heteroatoms. The average Bonchev–Trinajstić information content (AvgIpc) is 2.68. The summed E-state index contributed by atoms with van der Waals surface area (Å²) in [5.41, 5.74) is 7.88. The fourth-order valence-corrected chi connectivity index (χ4v) is 2.78. The maximum absolute atomic E-state index is 11.9. The van der Waals surface area contributed by atoms with Gasteiger partial charge in [-0.1, -0.05) is 54.6 Å². The molecule has 0 spiro atoms. The van der Waals surface area contributed by atoms with Gasteiger partial charge in [0.25, 0.3) is 0 Å². The van der Waals surface area contributed by atoms with E-state index in [0.717, 1.165) is 21.9 Å². The summed E-state index contributed by atoms with van der Waals surface area (Å²) in [7, 11) is 0. The number of fused-ring (bicyclic) bond motifs is 1. The van der Waals surface area contributed by atoms with E-state index in [2.05, 4.69) is 15.6 Å². The van der Waals surface area contributed by atoms with Crippen molar-refractivity contribution in [2.45, 2.75) is 13.0 Å². The van der Waals surface area contributed by atoms with Gasteiger partial charge in [0.1, 0.15) is 5.75 Å². The first-order chi connectivity index (χ1) is 13.1. The van der Waals surface area contributed by atoms with Gasteiger partial charge in [-0.15, -0.1) is 0 Å². The number of guanidine groups is 1. The monoisotopic (exact) mass is 362 g/mol. The van der Waals surface area contributed by atoms with E-state index in [1.54, 1.807) is 12.1 Å². The first-order valence-electron chi connectivity index (χ1n) is 8.71. The van der Waals surface area contributed by atoms with Crippen LogP contribution in [0.25, 0.3) is 10.8 Å². The highest BCUT2D eigenvalue weighted by Crippen LogP contribution is 2.19. The van der Waals surface area contributed by atoms with Crippen LogP contribution < -0.4 is 16.4 Å². The van der Waals surface area contributed by atoms with Crippen molar-refractivity contribution in [2.24, 2.45) is 10.7 Å². The second kappa shape index (κ2) is 8.71. The first kappa shape index (κ1) is 18.3. The van der Waals surface area contributed by atoms with E-state index in [9.17, 15) is 9.90 Å². The fraction of sp³-hybridized carbons (Fsp3) is 0.143. The number of urea groups is 1. The van der Waals surface area contributed by atoms with Gasteiger partial charge in [-0.25, -0.2) is 9.79 Å². The number of amides is 2. The van der Waals surface area contributed by atoms with Crippen LogP contribution in [0.5, 0.6) is 5.75 Å². The summed E-state index contributed by atoms with van der Waals surface area (Å²) >= 11 is 0. The number of carbonyl (C=O) groups is 1. The van der Waals surface area contributed by atoms with E-state index >= 15 is 0 Å². The number of nitrogens with two attached hydrogens (primary N) is 1. The Kier molecular flexibility index (Phi) is 5.89. The summed E-state index contributed by atoms with van der Waals surface area (Å²) in [5, 5.41) is 16.8. The molecular weight excluding hydrogens is 340 g/mol. The topological polar surface area (TPSA) is 99.7 Å². The van der Waals surface area contributed by atoms with Crippen LogP contribution in [0.3, 0.4) is 0 Å². The minimum absolute atomic E-state index is 0.0741. The normalized spacial score (nSPS) is 11.3. The molecule has 5 N–H and O–H groups in total. The second-order valence-electron chi connectivity index (χ2n) is 6.14. The Morgan fingerprint density at radius 1 is 1.00 bits per heavy atom. The molecule has 6 nitrogen and oxygen atoms in total. The molecule has 0 aromatic heterocycles. The summed E-state index contributed by atoms with van der Waals surface area (Å²) < 4.78 is 0. The summed E-state index contributed by atoms with van der Waals surface area (Å²) in [6.07, 6.45) is 0.654. The zero-order valence-corrected chi connectivity index (χ0v) is 14.9. The zero-order valence-electron chi connectivity index (χ0n) is 14.9. The van der Waals surface area contributed by atoms with Crippen LogP contribution >= 0.6 is 0 Å². The van der Waals surface area contributed by atoms with Gasteiger partial charge in [-0.05, 0) is 40.5 Å². The van der Waals surface area contributed by atoms with Crippen molar-refractivity contribution in [3.63, 3.8) is 0 Å². The molecule has 3 rings (SSSR count). The largest absolute Gasteiger partial charge is 0.508 e. The Hall–Kier alpha value is -3.54. The van der Waals surface area contributed by atoms with Gasteiger partial charge < -0.3 is 16.2 Å². The number of carbonyl (C=O) groups excluding carboxylic acids is 1. The van der Waals surface area contributed by atoms with Crippen molar-refractivity contribution < 1.29 is 9.90 Å². The minimum atomic E-state index is -0.395. The Morgan fingerprint density at radius 3 is 2.56 bits per heavy atom. The molecular formula is C21H22N4O2. The van der Waals surface area contributed by atoms with Crippen molar-refractivity contribution in [1.29, 1.82) is 0 Å². The minimum Gasteiger partial charge on any atom is -0.508 e. The number of phenols is 1. The van der Waals surface area contributed by atoms with Crippen molar-refractivity contribution >= 4 is 22.8 Å². The predicted molar refractivity (Wildman–Crippen MR) is 108 cm³/mol. The highest BCUT2D eigenvalue weighted by molar-refractivity contribution is 5.95. The van der Waals surface area contributed by atoms with Gasteiger partial charge in [0, 0.05) is 6.54 Å². The maximum atomic E-state index is 11.9. The van der Waals surface area contributed by atoms with Crippen LogP contribution in [0.15, 0.2) is 71.7 Å².